The van der Waals surface area contributed by atoms with Crippen molar-refractivity contribution >= 4 is 21.4 Å². The second kappa shape index (κ2) is 10.9. The lowest BCUT2D eigenvalue weighted by Crippen LogP contribution is -2.50. The van der Waals surface area contributed by atoms with E-state index >= 15 is 0 Å². The van der Waals surface area contributed by atoms with Gasteiger partial charge in [0.15, 0.2) is 6.29 Å². The van der Waals surface area contributed by atoms with E-state index < -0.39 is 21.2 Å². The minimum atomic E-state index is -4.07. The molecule has 2 rings (SSSR count). The first-order chi connectivity index (χ1) is 14.6. The van der Waals surface area contributed by atoms with Crippen molar-refractivity contribution in [2.75, 3.05) is 50.7 Å². The molecular weight excluding hydrogens is 424 g/mol. The van der Waals surface area contributed by atoms with E-state index in [0.717, 1.165) is 18.9 Å². The number of rotatable bonds is 10. The molecule has 1 saturated heterocycles. The van der Waals surface area contributed by atoms with Crippen LogP contribution in [0, 0.1) is 22.5 Å². The topological polar surface area (TPSA) is 127 Å². The van der Waals surface area contributed by atoms with Crippen molar-refractivity contribution in [3.63, 3.8) is 0 Å². The molecule has 31 heavy (non-hydrogen) atoms. The van der Waals surface area contributed by atoms with Crippen LogP contribution in [0.5, 0.6) is 0 Å². The summed E-state index contributed by atoms with van der Waals surface area (Å²) in [5.41, 5.74) is 0.131. The predicted molar refractivity (Wildman–Crippen MR) is 117 cm³/mol. The van der Waals surface area contributed by atoms with Crippen LogP contribution < -0.4 is 4.90 Å². The molecule has 1 heterocycles. The molecule has 1 fully saturated rings. The van der Waals surface area contributed by atoms with Crippen LogP contribution in [-0.2, 0) is 10.0 Å². The third-order valence-corrected chi connectivity index (χ3v) is 7.01. The highest BCUT2D eigenvalue weighted by atomic mass is 32.2. The Morgan fingerprint density at radius 2 is 1.77 bits per heavy atom. The van der Waals surface area contributed by atoms with E-state index in [-0.39, 0.29) is 35.8 Å². The number of piperazine rings is 1. The molecular formula is C20H30N4O6S. The summed E-state index contributed by atoms with van der Waals surface area (Å²) in [6.07, 6.45) is 5.65. The van der Waals surface area contributed by atoms with Crippen LogP contribution in [0.2, 0.25) is 0 Å². The average Bonchev–Trinajstić information content (AvgIpc) is 2.72. The van der Waals surface area contributed by atoms with Crippen LogP contribution in [0.3, 0.4) is 0 Å². The molecule has 172 valence electrons. The third-order valence-electron chi connectivity index (χ3n) is 5.10. The highest BCUT2D eigenvalue weighted by Gasteiger charge is 2.34. The Balaban J connectivity index is 2.55. The molecule has 0 atom stereocenters. The van der Waals surface area contributed by atoms with Gasteiger partial charge in [-0.15, -0.1) is 6.42 Å². The Kier molecular flexibility index (Phi) is 8.79. The first-order valence-electron chi connectivity index (χ1n) is 10.3. The van der Waals surface area contributed by atoms with Crippen molar-refractivity contribution in [3.05, 3.63) is 27.8 Å². The Morgan fingerprint density at radius 1 is 1.19 bits per heavy atom. The number of nitrogens with zero attached hydrogens (tertiary/aromatic N) is 4. The lowest BCUT2D eigenvalue weighted by Gasteiger charge is -2.35. The van der Waals surface area contributed by atoms with E-state index in [1.54, 1.807) is 4.90 Å². The molecule has 0 amide bonds. The summed E-state index contributed by atoms with van der Waals surface area (Å²) in [6, 6.07) is 2.33. The fourth-order valence-corrected chi connectivity index (χ4v) is 5.40. The monoisotopic (exact) mass is 454 g/mol. The largest absolute Gasteiger partial charge is 0.369 e. The number of non-ortho nitro benzene ring substituents is 1. The molecule has 0 saturated carbocycles. The lowest BCUT2D eigenvalue weighted by atomic mass is 10.1. The summed E-state index contributed by atoms with van der Waals surface area (Å²) in [5, 5.41) is 29.7. The van der Waals surface area contributed by atoms with Crippen LogP contribution in [0.15, 0.2) is 17.0 Å². The number of aliphatic hydroxyl groups excluding tert-OH is 1. The first-order valence-corrected chi connectivity index (χ1v) is 11.7. The number of sulfonamides is 1. The summed E-state index contributed by atoms with van der Waals surface area (Å²) in [4.78, 5) is 14.3. The molecule has 0 aromatic heterocycles. The molecule has 0 unspecified atom stereocenters. The van der Waals surface area contributed by atoms with Gasteiger partial charge in [-0.25, -0.2) is 8.42 Å². The van der Waals surface area contributed by atoms with Crippen LogP contribution in [-0.4, -0.2) is 84.9 Å². The maximum Gasteiger partial charge on any atom is 0.272 e. The standard InChI is InChI=1S/C20H30N4O6S/c1-4-7-22(8-5-2)20-16(6-3)13-17(24(27)28)14-18(20)31(29,30)23-11-9-21(10-12-23)15-19(25)26/h3,13-14,19,25-26H,4-5,7-12,15H2,1-2H3. The van der Waals surface area contributed by atoms with Crippen molar-refractivity contribution in [2.24, 2.45) is 0 Å². The second-order valence-corrected chi connectivity index (χ2v) is 9.32. The van der Waals surface area contributed by atoms with Crippen molar-refractivity contribution < 1.29 is 23.6 Å². The number of hydrogen-bond donors (Lipinski definition) is 2. The average molecular weight is 455 g/mol. The number of β-amino-alcohol motifs (C(OH)–C–C–N with tert-alkyl or cyclic N) is 2. The van der Waals surface area contributed by atoms with E-state index in [4.69, 9.17) is 16.6 Å². The van der Waals surface area contributed by atoms with Gasteiger partial charge in [-0.05, 0) is 12.8 Å². The van der Waals surface area contributed by atoms with E-state index in [1.165, 1.54) is 10.4 Å². The molecule has 1 aliphatic rings. The van der Waals surface area contributed by atoms with Crippen molar-refractivity contribution in [1.82, 2.24) is 9.21 Å². The van der Waals surface area contributed by atoms with Gasteiger partial charge in [0.25, 0.3) is 5.69 Å². The normalized spacial score (nSPS) is 15.7. The van der Waals surface area contributed by atoms with Gasteiger partial charge in [-0.3, -0.25) is 15.0 Å². The number of aliphatic hydroxyl groups is 2. The molecule has 0 spiro atoms. The Morgan fingerprint density at radius 3 is 2.23 bits per heavy atom. The molecule has 1 aromatic carbocycles. The molecule has 0 aliphatic carbocycles. The molecule has 0 bridgehead atoms. The van der Waals surface area contributed by atoms with Gasteiger partial charge in [0.05, 0.1) is 16.2 Å². The van der Waals surface area contributed by atoms with Gasteiger partial charge in [0.2, 0.25) is 10.0 Å². The van der Waals surface area contributed by atoms with Gasteiger partial charge in [0.1, 0.15) is 4.90 Å². The van der Waals surface area contributed by atoms with Gasteiger partial charge >= 0.3 is 0 Å². The minimum absolute atomic E-state index is 0.0258. The van der Waals surface area contributed by atoms with Crippen molar-refractivity contribution in [3.8, 4) is 12.3 Å². The van der Waals surface area contributed by atoms with E-state index in [2.05, 4.69) is 5.92 Å². The van der Waals surface area contributed by atoms with E-state index in [9.17, 15) is 18.5 Å². The first kappa shape index (κ1) is 25.0. The quantitative estimate of drug-likeness (QED) is 0.230. The van der Waals surface area contributed by atoms with Crippen LogP contribution in [0.25, 0.3) is 0 Å². The second-order valence-electron chi connectivity index (χ2n) is 7.41. The fourth-order valence-electron chi connectivity index (χ4n) is 3.73. The number of nitro groups is 1. The van der Waals surface area contributed by atoms with Gasteiger partial charge < -0.3 is 15.1 Å². The zero-order valence-electron chi connectivity index (χ0n) is 17.9. The number of terminal acetylenes is 1. The molecule has 10 nitrogen and oxygen atoms in total. The van der Waals surface area contributed by atoms with E-state index in [1.807, 2.05) is 18.7 Å². The lowest BCUT2D eigenvalue weighted by molar-refractivity contribution is -0.385. The van der Waals surface area contributed by atoms with Crippen molar-refractivity contribution in [2.45, 2.75) is 37.9 Å². The van der Waals surface area contributed by atoms with Crippen molar-refractivity contribution in [1.29, 1.82) is 0 Å². The molecule has 1 aliphatic heterocycles. The van der Waals surface area contributed by atoms with E-state index in [0.29, 0.717) is 31.9 Å². The zero-order chi connectivity index (χ0) is 23.2. The van der Waals surface area contributed by atoms with Gasteiger partial charge in [-0.1, -0.05) is 19.8 Å². The summed E-state index contributed by atoms with van der Waals surface area (Å²) in [5.74, 6) is 2.44. The zero-order valence-corrected chi connectivity index (χ0v) is 18.7. The van der Waals surface area contributed by atoms with Crippen LogP contribution in [0.1, 0.15) is 32.3 Å². The Labute approximate surface area is 183 Å². The predicted octanol–water partition coefficient (Wildman–Crippen LogP) is 0.819. The van der Waals surface area contributed by atoms with Crippen LogP contribution >= 0.6 is 0 Å². The third kappa shape index (κ3) is 5.93. The molecule has 0 radical (unpaired) electrons. The summed E-state index contributed by atoms with van der Waals surface area (Å²) < 4.78 is 28.4. The summed E-state index contributed by atoms with van der Waals surface area (Å²) in [6.45, 7) is 5.97. The Bertz CT molecular complexity index is 914. The number of anilines is 1. The van der Waals surface area contributed by atoms with Crippen LogP contribution in [0.4, 0.5) is 11.4 Å². The highest BCUT2D eigenvalue weighted by molar-refractivity contribution is 7.89. The van der Waals surface area contributed by atoms with Gasteiger partial charge in [-0.2, -0.15) is 4.31 Å². The van der Waals surface area contributed by atoms with Gasteiger partial charge in [0, 0.05) is 57.9 Å². The SMILES string of the molecule is C#Cc1cc([N+](=O)[O-])cc(S(=O)(=O)N2CCN(CC(O)O)CC2)c1N(CCC)CCC. The number of hydrogen-bond acceptors (Lipinski definition) is 8. The molecule has 2 N–H and O–H groups in total. The molecule has 1 aromatic rings. The smallest absolute Gasteiger partial charge is 0.272 e. The minimum Gasteiger partial charge on any atom is -0.369 e. The summed E-state index contributed by atoms with van der Waals surface area (Å²) in [7, 11) is -4.07. The highest BCUT2D eigenvalue weighted by Crippen LogP contribution is 2.36. The maximum absolute atomic E-state index is 13.6. The summed E-state index contributed by atoms with van der Waals surface area (Å²) >= 11 is 0. The molecule has 11 heteroatoms. The number of benzene rings is 1. The fraction of sp³-hybridized carbons (Fsp3) is 0.600. The number of nitro benzene ring substituents is 1. The Hall–Kier alpha value is -2.23. The maximum atomic E-state index is 13.6.